The molecule has 0 bridgehead atoms. The molecule has 3 nitrogen and oxygen atoms in total. The lowest BCUT2D eigenvalue weighted by Crippen LogP contribution is -2.47. The quantitative estimate of drug-likeness (QED) is 0.852. The predicted octanol–water partition coefficient (Wildman–Crippen LogP) is 2.59. The van der Waals surface area contributed by atoms with Gasteiger partial charge in [0.1, 0.15) is 11.7 Å². The largest absolute Gasteiger partial charge is 0.348 e. The minimum Gasteiger partial charge on any atom is -0.348 e. The Kier molecular flexibility index (Phi) is 2.81. The molecule has 3 aliphatic heterocycles. The molecule has 1 N–H and O–H groups in total. The molecule has 106 valence electrons. The van der Waals surface area contributed by atoms with Crippen molar-refractivity contribution in [2.24, 2.45) is 0 Å². The minimum absolute atomic E-state index is 0.235. The second kappa shape index (κ2) is 4.55. The van der Waals surface area contributed by atoms with Gasteiger partial charge in [-0.3, -0.25) is 10.3 Å². The van der Waals surface area contributed by atoms with Crippen LogP contribution in [0.5, 0.6) is 0 Å². The second-order valence-corrected chi connectivity index (χ2v) is 6.23. The van der Waals surface area contributed by atoms with Gasteiger partial charge in [0, 0.05) is 30.7 Å². The highest BCUT2D eigenvalue weighted by Gasteiger charge is 2.41. The Bertz CT molecular complexity index is 557. The van der Waals surface area contributed by atoms with Crippen LogP contribution in [0.1, 0.15) is 36.8 Å². The molecule has 1 aromatic rings. The number of nitrogens with zero attached hydrogens (tertiary/aromatic N) is 2. The molecule has 0 aromatic heterocycles. The molecule has 2 atom stereocenters. The molecule has 4 rings (SSSR count). The summed E-state index contributed by atoms with van der Waals surface area (Å²) in [4.78, 5) is 4.80. The van der Waals surface area contributed by atoms with E-state index in [1.165, 1.54) is 37.9 Å². The molecule has 0 saturated carbocycles. The van der Waals surface area contributed by atoms with Gasteiger partial charge in [0.25, 0.3) is 0 Å². The van der Waals surface area contributed by atoms with Crippen molar-refractivity contribution in [3.05, 3.63) is 35.1 Å². The SMILES string of the molecule is N=C1c2cc(F)ccc2CN1C1CCN2CCCCC12. The summed E-state index contributed by atoms with van der Waals surface area (Å²) in [5.41, 5.74) is 1.89. The fourth-order valence-corrected chi connectivity index (χ4v) is 4.19. The normalized spacial score (nSPS) is 29.6. The maximum atomic E-state index is 13.4. The molecule has 3 aliphatic rings. The Labute approximate surface area is 118 Å². The van der Waals surface area contributed by atoms with Crippen LogP contribution in [0, 0.1) is 11.2 Å². The van der Waals surface area contributed by atoms with Crippen LogP contribution in [-0.4, -0.2) is 40.8 Å². The van der Waals surface area contributed by atoms with Crippen LogP contribution in [0.15, 0.2) is 18.2 Å². The van der Waals surface area contributed by atoms with E-state index in [-0.39, 0.29) is 5.82 Å². The maximum absolute atomic E-state index is 13.4. The Balaban J connectivity index is 1.60. The monoisotopic (exact) mass is 273 g/mol. The molecule has 2 saturated heterocycles. The van der Waals surface area contributed by atoms with E-state index in [4.69, 9.17) is 5.41 Å². The van der Waals surface area contributed by atoms with Crippen LogP contribution in [0.2, 0.25) is 0 Å². The number of fused-ring (bicyclic) bond motifs is 2. The highest BCUT2D eigenvalue weighted by Crippen LogP contribution is 2.35. The lowest BCUT2D eigenvalue weighted by atomic mass is 9.98. The van der Waals surface area contributed by atoms with E-state index in [0.29, 0.717) is 17.9 Å². The smallest absolute Gasteiger partial charge is 0.129 e. The summed E-state index contributed by atoms with van der Waals surface area (Å²) in [6, 6.07) is 5.91. The summed E-state index contributed by atoms with van der Waals surface area (Å²) in [5.74, 6) is 0.290. The number of rotatable bonds is 1. The fraction of sp³-hybridized carbons (Fsp3) is 0.562. The zero-order valence-corrected chi connectivity index (χ0v) is 11.6. The lowest BCUT2D eigenvalue weighted by Gasteiger charge is -2.36. The number of nitrogens with one attached hydrogen (secondary N) is 1. The highest BCUT2D eigenvalue weighted by molar-refractivity contribution is 6.00. The number of piperidine rings is 1. The first-order valence-electron chi connectivity index (χ1n) is 7.62. The van der Waals surface area contributed by atoms with E-state index < -0.39 is 0 Å². The topological polar surface area (TPSA) is 30.3 Å². The van der Waals surface area contributed by atoms with Crippen molar-refractivity contribution in [3.8, 4) is 0 Å². The third kappa shape index (κ3) is 1.78. The average Bonchev–Trinajstić information content (AvgIpc) is 3.01. The van der Waals surface area contributed by atoms with Crippen LogP contribution in [-0.2, 0) is 6.54 Å². The molecule has 0 aliphatic carbocycles. The number of amidine groups is 1. The molecule has 20 heavy (non-hydrogen) atoms. The molecule has 3 heterocycles. The van der Waals surface area contributed by atoms with Gasteiger partial charge < -0.3 is 4.90 Å². The fourth-order valence-electron chi connectivity index (χ4n) is 4.19. The molecular weight excluding hydrogens is 253 g/mol. The van der Waals surface area contributed by atoms with Gasteiger partial charge in [-0.2, -0.15) is 0 Å². The van der Waals surface area contributed by atoms with Gasteiger partial charge in [0.15, 0.2) is 0 Å². The van der Waals surface area contributed by atoms with Gasteiger partial charge in [0.2, 0.25) is 0 Å². The molecule has 2 fully saturated rings. The van der Waals surface area contributed by atoms with Crippen molar-refractivity contribution in [2.45, 2.75) is 44.3 Å². The van der Waals surface area contributed by atoms with Crippen LogP contribution in [0.25, 0.3) is 0 Å². The molecule has 0 radical (unpaired) electrons. The van der Waals surface area contributed by atoms with Crippen molar-refractivity contribution in [2.75, 3.05) is 13.1 Å². The van der Waals surface area contributed by atoms with Crippen molar-refractivity contribution in [3.63, 3.8) is 0 Å². The predicted molar refractivity (Wildman–Crippen MR) is 76.4 cm³/mol. The van der Waals surface area contributed by atoms with Crippen LogP contribution < -0.4 is 0 Å². The van der Waals surface area contributed by atoms with Gasteiger partial charge in [-0.25, -0.2) is 4.39 Å². The number of benzene rings is 1. The third-order valence-electron chi connectivity index (χ3n) is 5.18. The molecule has 1 aromatic carbocycles. The van der Waals surface area contributed by atoms with Crippen molar-refractivity contribution < 1.29 is 4.39 Å². The second-order valence-electron chi connectivity index (χ2n) is 6.23. The first-order chi connectivity index (χ1) is 9.74. The first kappa shape index (κ1) is 12.3. The van der Waals surface area contributed by atoms with Crippen LogP contribution in [0.3, 0.4) is 0 Å². The zero-order chi connectivity index (χ0) is 13.7. The summed E-state index contributed by atoms with van der Waals surface area (Å²) in [6.45, 7) is 3.15. The van der Waals surface area contributed by atoms with Gasteiger partial charge in [0.05, 0.1) is 0 Å². The van der Waals surface area contributed by atoms with E-state index in [0.717, 1.165) is 30.6 Å². The summed E-state index contributed by atoms with van der Waals surface area (Å²) in [5, 5.41) is 8.40. The van der Waals surface area contributed by atoms with Crippen LogP contribution >= 0.6 is 0 Å². The van der Waals surface area contributed by atoms with Gasteiger partial charge >= 0.3 is 0 Å². The molecule has 0 spiro atoms. The van der Waals surface area contributed by atoms with Crippen molar-refractivity contribution in [1.82, 2.24) is 9.80 Å². The van der Waals surface area contributed by atoms with E-state index in [9.17, 15) is 4.39 Å². The Hall–Kier alpha value is -1.42. The maximum Gasteiger partial charge on any atom is 0.129 e. The van der Waals surface area contributed by atoms with E-state index >= 15 is 0 Å². The van der Waals surface area contributed by atoms with E-state index in [2.05, 4.69) is 9.80 Å². The Morgan fingerprint density at radius 3 is 2.90 bits per heavy atom. The number of hydrogen-bond donors (Lipinski definition) is 1. The first-order valence-corrected chi connectivity index (χ1v) is 7.62. The standard InChI is InChI=1S/C16H20FN3/c17-12-5-4-11-10-20(16(18)13(11)9-12)15-6-8-19-7-2-1-3-14(15)19/h4-5,9,14-15,18H,1-3,6-8,10H2. The molecular formula is C16H20FN3. The summed E-state index contributed by atoms with van der Waals surface area (Å²) >= 11 is 0. The van der Waals surface area contributed by atoms with Crippen LogP contribution in [0.4, 0.5) is 4.39 Å². The summed E-state index contributed by atoms with van der Waals surface area (Å²) in [6.07, 6.45) is 5.01. The molecule has 0 amide bonds. The minimum atomic E-state index is -0.235. The molecule has 2 unspecified atom stereocenters. The van der Waals surface area contributed by atoms with Gasteiger partial charge in [-0.1, -0.05) is 12.5 Å². The number of halogens is 1. The zero-order valence-electron chi connectivity index (χ0n) is 11.6. The lowest BCUT2D eigenvalue weighted by molar-refractivity contribution is 0.151. The third-order valence-corrected chi connectivity index (χ3v) is 5.18. The molecule has 4 heteroatoms. The van der Waals surface area contributed by atoms with Gasteiger partial charge in [-0.15, -0.1) is 0 Å². The summed E-state index contributed by atoms with van der Waals surface area (Å²) in [7, 11) is 0. The van der Waals surface area contributed by atoms with Crippen molar-refractivity contribution in [1.29, 1.82) is 5.41 Å². The average molecular weight is 273 g/mol. The summed E-state index contributed by atoms with van der Waals surface area (Å²) < 4.78 is 13.4. The Morgan fingerprint density at radius 2 is 2.00 bits per heavy atom. The Morgan fingerprint density at radius 1 is 1.10 bits per heavy atom. The van der Waals surface area contributed by atoms with E-state index in [1.54, 1.807) is 0 Å². The van der Waals surface area contributed by atoms with Crippen molar-refractivity contribution >= 4 is 5.84 Å². The van der Waals surface area contributed by atoms with E-state index in [1.807, 2.05) is 6.07 Å². The highest BCUT2D eigenvalue weighted by atomic mass is 19.1. The van der Waals surface area contributed by atoms with Gasteiger partial charge in [-0.05, 0) is 43.5 Å². The number of hydrogen-bond acceptors (Lipinski definition) is 2.